The Bertz CT molecular complexity index is 972. The van der Waals surface area contributed by atoms with E-state index in [0.29, 0.717) is 30.2 Å². The molecule has 0 atom stereocenters. The molecule has 4 rings (SSSR count). The van der Waals surface area contributed by atoms with E-state index in [1.54, 1.807) is 57.6 Å². The molecule has 0 aliphatic heterocycles. The first-order chi connectivity index (χ1) is 13.2. The molecule has 0 unspecified atom stereocenters. The van der Waals surface area contributed by atoms with Gasteiger partial charge in [-0.05, 0) is 53.9 Å². The molecule has 27 heavy (non-hydrogen) atoms. The summed E-state index contributed by atoms with van der Waals surface area (Å²) >= 11 is 1.59. The number of hydrogen-bond donors (Lipinski definition) is 0. The number of carbonyl (C=O) groups excluding carboxylic acids is 1. The van der Waals surface area contributed by atoms with Crippen LogP contribution in [-0.4, -0.2) is 20.6 Å². The van der Waals surface area contributed by atoms with Gasteiger partial charge in [0.05, 0.1) is 25.0 Å². The fraction of sp³-hybridized carbons (Fsp3) is 0.100. The second kappa shape index (κ2) is 7.59. The van der Waals surface area contributed by atoms with E-state index in [9.17, 15) is 9.18 Å². The number of amides is 1. The van der Waals surface area contributed by atoms with E-state index in [-0.39, 0.29) is 11.7 Å². The molecule has 5 nitrogen and oxygen atoms in total. The van der Waals surface area contributed by atoms with E-state index in [0.717, 1.165) is 4.88 Å². The van der Waals surface area contributed by atoms with E-state index in [4.69, 9.17) is 4.42 Å². The first-order valence-electron chi connectivity index (χ1n) is 8.35. The SMILES string of the molecule is O=C(c1ccn(-c2ccc(F)cc2)n1)N(Cc1ccco1)Cc1cccs1. The zero-order valence-electron chi connectivity index (χ0n) is 14.3. The quantitative estimate of drug-likeness (QED) is 0.494. The number of rotatable bonds is 6. The summed E-state index contributed by atoms with van der Waals surface area (Å²) in [6, 6.07) is 15.2. The van der Waals surface area contributed by atoms with E-state index in [1.165, 1.54) is 12.1 Å². The van der Waals surface area contributed by atoms with E-state index in [1.807, 2.05) is 23.6 Å². The normalized spacial score (nSPS) is 10.9. The summed E-state index contributed by atoms with van der Waals surface area (Å²) in [7, 11) is 0. The maximum absolute atomic E-state index is 13.1. The molecule has 4 aromatic rings. The lowest BCUT2D eigenvalue weighted by molar-refractivity contribution is 0.0713. The van der Waals surface area contributed by atoms with E-state index < -0.39 is 0 Å². The molecular formula is C20H16FN3O2S. The highest BCUT2D eigenvalue weighted by atomic mass is 32.1. The number of nitrogens with zero attached hydrogens (tertiary/aromatic N) is 3. The van der Waals surface area contributed by atoms with Gasteiger partial charge < -0.3 is 9.32 Å². The molecule has 0 saturated carbocycles. The molecule has 7 heteroatoms. The molecular weight excluding hydrogens is 365 g/mol. The number of halogens is 1. The van der Waals surface area contributed by atoms with Crippen molar-refractivity contribution < 1.29 is 13.6 Å². The molecule has 0 spiro atoms. The van der Waals surface area contributed by atoms with Crippen LogP contribution in [0.3, 0.4) is 0 Å². The topological polar surface area (TPSA) is 51.3 Å². The Hall–Kier alpha value is -3.19. The van der Waals surface area contributed by atoms with Gasteiger partial charge in [-0.15, -0.1) is 11.3 Å². The first kappa shape index (κ1) is 17.2. The summed E-state index contributed by atoms with van der Waals surface area (Å²) in [4.78, 5) is 15.8. The van der Waals surface area contributed by atoms with Crippen LogP contribution in [0.5, 0.6) is 0 Å². The van der Waals surface area contributed by atoms with Crippen molar-refractivity contribution in [3.63, 3.8) is 0 Å². The highest BCUT2D eigenvalue weighted by molar-refractivity contribution is 7.09. The molecule has 0 N–H and O–H groups in total. The highest BCUT2D eigenvalue weighted by Crippen LogP contribution is 2.18. The first-order valence-corrected chi connectivity index (χ1v) is 9.23. The summed E-state index contributed by atoms with van der Waals surface area (Å²) in [6.45, 7) is 0.827. The number of carbonyl (C=O) groups is 1. The highest BCUT2D eigenvalue weighted by Gasteiger charge is 2.20. The van der Waals surface area contributed by atoms with Gasteiger partial charge >= 0.3 is 0 Å². The van der Waals surface area contributed by atoms with Crippen LogP contribution in [0, 0.1) is 5.82 Å². The number of aromatic nitrogens is 2. The van der Waals surface area contributed by atoms with Gasteiger partial charge in [-0.3, -0.25) is 4.79 Å². The molecule has 3 heterocycles. The van der Waals surface area contributed by atoms with Crippen molar-refractivity contribution in [1.29, 1.82) is 0 Å². The molecule has 0 bridgehead atoms. The molecule has 3 aromatic heterocycles. The average molecular weight is 381 g/mol. The van der Waals surface area contributed by atoms with Crippen LogP contribution in [0.1, 0.15) is 21.1 Å². The van der Waals surface area contributed by atoms with Gasteiger partial charge in [0.15, 0.2) is 5.69 Å². The predicted molar refractivity (Wildman–Crippen MR) is 100 cm³/mol. The van der Waals surface area contributed by atoms with Crippen molar-refractivity contribution in [3.8, 4) is 5.69 Å². The molecule has 0 aliphatic carbocycles. The second-order valence-electron chi connectivity index (χ2n) is 5.94. The third kappa shape index (κ3) is 3.98. The summed E-state index contributed by atoms with van der Waals surface area (Å²) in [6.07, 6.45) is 3.28. The molecule has 0 fully saturated rings. The Labute approximate surface area is 159 Å². The van der Waals surface area contributed by atoms with Gasteiger partial charge in [-0.1, -0.05) is 6.07 Å². The van der Waals surface area contributed by atoms with Gasteiger partial charge in [-0.2, -0.15) is 5.10 Å². The van der Waals surface area contributed by atoms with Crippen molar-refractivity contribution in [2.75, 3.05) is 0 Å². The summed E-state index contributed by atoms with van der Waals surface area (Å²) in [5.74, 6) is 0.196. The third-order valence-corrected chi connectivity index (χ3v) is 4.90. The number of hydrogen-bond acceptors (Lipinski definition) is 4. The lowest BCUT2D eigenvalue weighted by Gasteiger charge is -2.20. The lowest BCUT2D eigenvalue weighted by Crippen LogP contribution is -2.30. The average Bonchev–Trinajstić information content (AvgIpc) is 3.44. The van der Waals surface area contributed by atoms with E-state index in [2.05, 4.69) is 5.10 Å². The van der Waals surface area contributed by atoms with Crippen molar-refractivity contribution in [2.45, 2.75) is 13.1 Å². The Morgan fingerprint density at radius 1 is 1.11 bits per heavy atom. The van der Waals surface area contributed by atoms with Crippen molar-refractivity contribution >= 4 is 17.2 Å². The minimum absolute atomic E-state index is 0.194. The minimum atomic E-state index is -0.317. The number of benzene rings is 1. The van der Waals surface area contributed by atoms with Crippen LogP contribution in [0.2, 0.25) is 0 Å². The Morgan fingerprint density at radius 3 is 2.67 bits per heavy atom. The molecule has 1 aromatic carbocycles. The van der Waals surface area contributed by atoms with Crippen LogP contribution in [-0.2, 0) is 13.1 Å². The Balaban J connectivity index is 1.58. The van der Waals surface area contributed by atoms with Gasteiger partial charge in [0.2, 0.25) is 0 Å². The fourth-order valence-electron chi connectivity index (χ4n) is 2.72. The molecule has 136 valence electrons. The fourth-order valence-corrected chi connectivity index (χ4v) is 3.44. The van der Waals surface area contributed by atoms with Gasteiger partial charge in [0, 0.05) is 11.1 Å². The van der Waals surface area contributed by atoms with E-state index >= 15 is 0 Å². The van der Waals surface area contributed by atoms with Crippen LogP contribution in [0.15, 0.2) is 76.9 Å². The zero-order valence-corrected chi connectivity index (χ0v) is 15.1. The second-order valence-corrected chi connectivity index (χ2v) is 6.97. The maximum atomic E-state index is 13.1. The van der Waals surface area contributed by atoms with Crippen molar-refractivity contribution in [3.05, 3.63) is 94.6 Å². The Kier molecular flexibility index (Phi) is 4.84. The smallest absolute Gasteiger partial charge is 0.275 e. The number of thiophene rings is 1. The summed E-state index contributed by atoms with van der Waals surface area (Å²) in [5.41, 5.74) is 1.01. The predicted octanol–water partition coefficient (Wildman–Crippen LogP) is 4.51. The largest absolute Gasteiger partial charge is 0.467 e. The third-order valence-electron chi connectivity index (χ3n) is 4.04. The molecule has 1 amide bonds. The standard InChI is InChI=1S/C20H16FN3O2S/c21-15-5-7-16(8-6-15)24-10-9-19(22-24)20(25)23(13-17-3-1-11-26-17)14-18-4-2-12-27-18/h1-12H,13-14H2. The van der Waals surface area contributed by atoms with Crippen LogP contribution in [0.25, 0.3) is 5.69 Å². The molecule has 0 saturated heterocycles. The van der Waals surface area contributed by atoms with Crippen molar-refractivity contribution in [1.82, 2.24) is 14.7 Å². The summed E-state index contributed by atoms with van der Waals surface area (Å²) in [5, 5.41) is 6.35. The molecule has 0 radical (unpaired) electrons. The van der Waals surface area contributed by atoms with Gasteiger partial charge in [0.25, 0.3) is 5.91 Å². The molecule has 0 aliphatic rings. The zero-order chi connectivity index (χ0) is 18.6. The monoisotopic (exact) mass is 381 g/mol. The number of furan rings is 1. The van der Waals surface area contributed by atoms with Gasteiger partial charge in [0.1, 0.15) is 11.6 Å². The van der Waals surface area contributed by atoms with Crippen LogP contribution < -0.4 is 0 Å². The van der Waals surface area contributed by atoms with Crippen LogP contribution in [0.4, 0.5) is 4.39 Å². The maximum Gasteiger partial charge on any atom is 0.275 e. The lowest BCUT2D eigenvalue weighted by atomic mass is 10.3. The summed E-state index contributed by atoms with van der Waals surface area (Å²) < 4.78 is 20.1. The van der Waals surface area contributed by atoms with Crippen LogP contribution >= 0.6 is 11.3 Å². The Morgan fingerprint density at radius 2 is 1.96 bits per heavy atom. The van der Waals surface area contributed by atoms with Crippen molar-refractivity contribution in [2.24, 2.45) is 0 Å². The van der Waals surface area contributed by atoms with Gasteiger partial charge in [-0.25, -0.2) is 9.07 Å². The minimum Gasteiger partial charge on any atom is -0.467 e.